The van der Waals surface area contributed by atoms with Gasteiger partial charge in [-0.3, -0.25) is 4.98 Å². The van der Waals surface area contributed by atoms with Gasteiger partial charge < -0.3 is 19.9 Å². The summed E-state index contributed by atoms with van der Waals surface area (Å²) in [5.74, 6) is 2.64. The van der Waals surface area contributed by atoms with Crippen molar-refractivity contribution in [1.29, 1.82) is 0 Å². The first-order valence-corrected chi connectivity index (χ1v) is 9.90. The van der Waals surface area contributed by atoms with Gasteiger partial charge in [0.15, 0.2) is 11.5 Å². The van der Waals surface area contributed by atoms with Crippen molar-refractivity contribution >= 4 is 16.6 Å². The zero-order chi connectivity index (χ0) is 21.3. The minimum absolute atomic E-state index is 0.449. The maximum absolute atomic E-state index is 6.02. The standard InChI is InChI=1S/C23H20N2O3.C2H6/c1-26-22-13-19-20(14-23(22)27-15-16-5-3-2-4-6-16)25-12-11-21(19)28-18-9-7-17(24)8-10-18;1-2/h2-14H,15,24H2,1H3;1-2H3. The Balaban J connectivity index is 0.00000124. The topological polar surface area (TPSA) is 66.6 Å². The zero-order valence-corrected chi connectivity index (χ0v) is 17.5. The fourth-order valence-electron chi connectivity index (χ4n) is 2.89. The number of nitrogen functional groups attached to an aromatic ring is 1. The molecule has 0 atom stereocenters. The van der Waals surface area contributed by atoms with E-state index in [1.54, 1.807) is 25.4 Å². The number of aromatic nitrogens is 1. The van der Waals surface area contributed by atoms with Gasteiger partial charge in [-0.25, -0.2) is 0 Å². The first-order valence-electron chi connectivity index (χ1n) is 9.90. The molecule has 5 heteroatoms. The van der Waals surface area contributed by atoms with Gasteiger partial charge in [-0.1, -0.05) is 44.2 Å². The normalized spacial score (nSPS) is 10.1. The number of fused-ring (bicyclic) bond motifs is 1. The smallest absolute Gasteiger partial charge is 0.163 e. The number of methoxy groups -OCH3 is 1. The molecule has 0 saturated heterocycles. The van der Waals surface area contributed by atoms with Crippen LogP contribution in [0.25, 0.3) is 10.9 Å². The molecule has 0 spiro atoms. The van der Waals surface area contributed by atoms with Gasteiger partial charge in [-0.05, 0) is 42.0 Å². The highest BCUT2D eigenvalue weighted by atomic mass is 16.5. The molecule has 0 aliphatic heterocycles. The van der Waals surface area contributed by atoms with E-state index in [1.807, 2.05) is 74.5 Å². The summed E-state index contributed by atoms with van der Waals surface area (Å²) in [7, 11) is 1.62. The van der Waals surface area contributed by atoms with E-state index in [-0.39, 0.29) is 0 Å². The quantitative estimate of drug-likeness (QED) is 0.388. The summed E-state index contributed by atoms with van der Waals surface area (Å²) in [6, 6.07) is 22.8. The molecule has 154 valence electrons. The van der Waals surface area contributed by atoms with Crippen molar-refractivity contribution in [3.8, 4) is 23.0 Å². The summed E-state index contributed by atoms with van der Waals surface area (Å²) >= 11 is 0. The summed E-state index contributed by atoms with van der Waals surface area (Å²) in [5.41, 5.74) is 8.27. The fraction of sp³-hybridized carbons (Fsp3) is 0.160. The van der Waals surface area contributed by atoms with Crippen LogP contribution in [0.2, 0.25) is 0 Å². The number of nitrogens with zero attached hydrogens (tertiary/aromatic N) is 1. The molecule has 3 aromatic carbocycles. The number of benzene rings is 3. The molecule has 0 aliphatic rings. The molecule has 5 nitrogen and oxygen atoms in total. The summed E-state index contributed by atoms with van der Waals surface area (Å²) in [6.07, 6.45) is 1.71. The third-order valence-corrected chi connectivity index (χ3v) is 4.33. The number of nitrogens with two attached hydrogens (primary N) is 1. The highest BCUT2D eigenvalue weighted by molar-refractivity contribution is 5.88. The van der Waals surface area contributed by atoms with Crippen LogP contribution in [-0.4, -0.2) is 12.1 Å². The van der Waals surface area contributed by atoms with Crippen molar-refractivity contribution in [1.82, 2.24) is 4.98 Å². The Bertz CT molecular complexity index is 1080. The van der Waals surface area contributed by atoms with Crippen LogP contribution in [0.15, 0.2) is 79.0 Å². The first kappa shape index (κ1) is 21.0. The molecular formula is C25H26N2O3. The summed E-state index contributed by atoms with van der Waals surface area (Å²) in [6.45, 7) is 4.45. The molecule has 0 radical (unpaired) electrons. The van der Waals surface area contributed by atoms with Crippen LogP contribution in [0.1, 0.15) is 19.4 Å². The minimum atomic E-state index is 0.449. The average Bonchev–Trinajstić information content (AvgIpc) is 2.81. The van der Waals surface area contributed by atoms with E-state index in [4.69, 9.17) is 19.9 Å². The molecule has 1 heterocycles. The molecule has 0 saturated carbocycles. The third kappa shape index (κ3) is 5.00. The van der Waals surface area contributed by atoms with Gasteiger partial charge in [-0.2, -0.15) is 0 Å². The van der Waals surface area contributed by atoms with E-state index in [2.05, 4.69) is 4.98 Å². The minimum Gasteiger partial charge on any atom is -0.493 e. The number of rotatable bonds is 6. The van der Waals surface area contributed by atoms with Crippen LogP contribution in [0.5, 0.6) is 23.0 Å². The van der Waals surface area contributed by atoms with Crippen molar-refractivity contribution in [2.45, 2.75) is 20.5 Å². The van der Waals surface area contributed by atoms with Crippen LogP contribution in [-0.2, 0) is 6.61 Å². The Kier molecular flexibility index (Phi) is 7.11. The van der Waals surface area contributed by atoms with Crippen molar-refractivity contribution in [2.24, 2.45) is 0 Å². The molecular weight excluding hydrogens is 376 g/mol. The Morgan fingerprint density at radius 3 is 2.27 bits per heavy atom. The van der Waals surface area contributed by atoms with Crippen LogP contribution in [0.4, 0.5) is 5.69 Å². The van der Waals surface area contributed by atoms with E-state index in [0.717, 1.165) is 16.5 Å². The van der Waals surface area contributed by atoms with Crippen molar-refractivity contribution in [2.75, 3.05) is 12.8 Å². The lowest BCUT2D eigenvalue weighted by atomic mass is 10.1. The lowest BCUT2D eigenvalue weighted by Crippen LogP contribution is -1.98. The van der Waals surface area contributed by atoms with Gasteiger partial charge in [0.2, 0.25) is 0 Å². The van der Waals surface area contributed by atoms with Crippen molar-refractivity contribution in [3.63, 3.8) is 0 Å². The molecule has 4 aromatic rings. The van der Waals surface area contributed by atoms with Crippen molar-refractivity contribution in [3.05, 3.63) is 84.6 Å². The van der Waals surface area contributed by atoms with E-state index < -0.39 is 0 Å². The maximum Gasteiger partial charge on any atom is 0.163 e. The van der Waals surface area contributed by atoms with Gasteiger partial charge >= 0.3 is 0 Å². The van der Waals surface area contributed by atoms with Crippen LogP contribution in [0, 0.1) is 0 Å². The third-order valence-electron chi connectivity index (χ3n) is 4.33. The molecule has 0 aliphatic carbocycles. The summed E-state index contributed by atoms with van der Waals surface area (Å²) in [5, 5.41) is 0.836. The van der Waals surface area contributed by atoms with E-state index in [1.165, 1.54) is 0 Å². The zero-order valence-electron chi connectivity index (χ0n) is 17.5. The fourth-order valence-corrected chi connectivity index (χ4v) is 2.89. The second kappa shape index (κ2) is 10.2. The van der Waals surface area contributed by atoms with E-state index in [9.17, 15) is 0 Å². The molecule has 1 aromatic heterocycles. The molecule has 30 heavy (non-hydrogen) atoms. The van der Waals surface area contributed by atoms with Gasteiger partial charge in [0, 0.05) is 23.3 Å². The van der Waals surface area contributed by atoms with Crippen LogP contribution in [0.3, 0.4) is 0 Å². The summed E-state index contributed by atoms with van der Waals surface area (Å²) < 4.78 is 17.5. The molecule has 2 N–H and O–H groups in total. The highest BCUT2D eigenvalue weighted by Gasteiger charge is 2.12. The largest absolute Gasteiger partial charge is 0.493 e. The van der Waals surface area contributed by atoms with Crippen molar-refractivity contribution < 1.29 is 14.2 Å². The molecule has 0 fully saturated rings. The number of pyridine rings is 1. The Morgan fingerprint density at radius 2 is 1.57 bits per heavy atom. The van der Waals surface area contributed by atoms with E-state index in [0.29, 0.717) is 35.3 Å². The molecule has 4 rings (SSSR count). The summed E-state index contributed by atoms with van der Waals surface area (Å²) in [4.78, 5) is 4.45. The second-order valence-corrected chi connectivity index (χ2v) is 6.27. The lowest BCUT2D eigenvalue weighted by molar-refractivity contribution is 0.285. The number of anilines is 1. The highest BCUT2D eigenvalue weighted by Crippen LogP contribution is 2.37. The van der Waals surface area contributed by atoms with E-state index >= 15 is 0 Å². The number of ether oxygens (including phenoxy) is 3. The molecule has 0 amide bonds. The Hall–Kier alpha value is -3.73. The lowest BCUT2D eigenvalue weighted by Gasteiger charge is -2.14. The molecule has 0 bridgehead atoms. The first-order chi connectivity index (χ1) is 14.7. The van der Waals surface area contributed by atoms with Gasteiger partial charge in [0.1, 0.15) is 18.1 Å². The van der Waals surface area contributed by atoms with Gasteiger partial charge in [0.05, 0.1) is 12.6 Å². The Morgan fingerprint density at radius 1 is 0.833 bits per heavy atom. The SMILES string of the molecule is CC.COc1cc2c(Oc3ccc(N)cc3)ccnc2cc1OCc1ccccc1. The monoisotopic (exact) mass is 402 g/mol. The predicted molar refractivity (Wildman–Crippen MR) is 121 cm³/mol. The predicted octanol–water partition coefficient (Wildman–Crippen LogP) is 6.22. The average molecular weight is 402 g/mol. The molecule has 0 unspecified atom stereocenters. The van der Waals surface area contributed by atoms with Crippen LogP contribution >= 0.6 is 0 Å². The van der Waals surface area contributed by atoms with Gasteiger partial charge in [0.25, 0.3) is 0 Å². The number of hydrogen-bond donors (Lipinski definition) is 1. The van der Waals surface area contributed by atoms with Crippen LogP contribution < -0.4 is 19.9 Å². The Labute approximate surface area is 177 Å². The second-order valence-electron chi connectivity index (χ2n) is 6.27. The number of hydrogen-bond acceptors (Lipinski definition) is 5. The van der Waals surface area contributed by atoms with Gasteiger partial charge in [-0.15, -0.1) is 0 Å². The maximum atomic E-state index is 6.02.